The Bertz CT molecular complexity index is 379. The highest BCUT2D eigenvalue weighted by molar-refractivity contribution is 5.27. The number of anilines is 1. The summed E-state index contributed by atoms with van der Waals surface area (Å²) in [6.45, 7) is -0.792. The van der Waals surface area contributed by atoms with Gasteiger partial charge < -0.3 is 19.9 Å². The molecule has 1 unspecified atom stereocenters. The Morgan fingerprint density at radius 1 is 1.17 bits per heavy atom. The number of nitrogens with zero attached hydrogens (tertiary/aromatic N) is 3. The fourth-order valence-corrected chi connectivity index (χ4v) is 0.903. The van der Waals surface area contributed by atoms with Crippen LogP contribution in [0.5, 0.6) is 12.0 Å². The molecule has 18 heavy (non-hydrogen) atoms. The Morgan fingerprint density at radius 2 is 1.67 bits per heavy atom. The molecule has 0 amide bonds. The average Bonchev–Trinajstić information content (AvgIpc) is 2.34. The summed E-state index contributed by atoms with van der Waals surface area (Å²) in [6, 6.07) is -0.239. The van der Waals surface area contributed by atoms with Crippen LogP contribution in [-0.2, 0) is 0 Å². The van der Waals surface area contributed by atoms with E-state index in [0.717, 1.165) is 0 Å². The third-order valence-electron chi connectivity index (χ3n) is 1.79. The van der Waals surface area contributed by atoms with E-state index < -0.39 is 18.8 Å². The van der Waals surface area contributed by atoms with Crippen molar-refractivity contribution in [2.24, 2.45) is 0 Å². The highest BCUT2D eigenvalue weighted by atomic mass is 19.4. The minimum absolute atomic E-state index is 0.120. The number of hydrogen-bond donors (Lipinski definition) is 2. The van der Waals surface area contributed by atoms with Crippen molar-refractivity contribution in [1.82, 2.24) is 15.0 Å². The lowest BCUT2D eigenvalue weighted by Gasteiger charge is -2.15. The monoisotopic (exact) mass is 268 g/mol. The Morgan fingerprint density at radius 3 is 2.06 bits per heavy atom. The Balaban J connectivity index is 2.72. The number of hydrogen-bond acceptors (Lipinski definition) is 7. The smallest absolute Gasteiger partial charge is 0.416 e. The number of alkyl halides is 3. The van der Waals surface area contributed by atoms with Crippen molar-refractivity contribution in [3.8, 4) is 12.0 Å². The summed E-state index contributed by atoms with van der Waals surface area (Å²) < 4.78 is 45.6. The number of aromatic nitrogens is 3. The summed E-state index contributed by atoms with van der Waals surface area (Å²) in [5, 5.41) is 11.0. The van der Waals surface area contributed by atoms with Crippen LogP contribution in [0.3, 0.4) is 0 Å². The van der Waals surface area contributed by atoms with Gasteiger partial charge in [-0.3, -0.25) is 0 Å². The van der Waals surface area contributed by atoms with Crippen LogP contribution in [0.4, 0.5) is 19.1 Å². The van der Waals surface area contributed by atoms with Crippen LogP contribution < -0.4 is 14.8 Å². The van der Waals surface area contributed by atoms with Crippen LogP contribution in [0.1, 0.15) is 0 Å². The first-order valence-corrected chi connectivity index (χ1v) is 4.69. The van der Waals surface area contributed by atoms with E-state index in [-0.39, 0.29) is 18.0 Å². The number of rotatable bonds is 5. The molecule has 0 aliphatic carbocycles. The van der Waals surface area contributed by atoms with E-state index in [4.69, 9.17) is 14.6 Å². The first-order chi connectivity index (χ1) is 8.36. The molecule has 2 N–H and O–H groups in total. The maximum absolute atomic E-state index is 12.1. The molecule has 1 aromatic rings. The lowest BCUT2D eigenvalue weighted by molar-refractivity contribution is -0.198. The highest BCUT2D eigenvalue weighted by Crippen LogP contribution is 2.20. The summed E-state index contributed by atoms with van der Waals surface area (Å²) in [5.74, 6) is -0.193. The summed E-state index contributed by atoms with van der Waals surface area (Å²) in [7, 11) is 2.56. The quantitative estimate of drug-likeness (QED) is 0.789. The lowest BCUT2D eigenvalue weighted by Crippen LogP contribution is -2.35. The molecule has 1 heterocycles. The normalized spacial score (nSPS) is 13.0. The predicted molar refractivity (Wildman–Crippen MR) is 53.5 cm³/mol. The second-order valence-corrected chi connectivity index (χ2v) is 3.07. The van der Waals surface area contributed by atoms with Crippen molar-refractivity contribution < 1.29 is 27.8 Å². The Hall–Kier alpha value is -1.84. The minimum Gasteiger partial charge on any atom is -0.467 e. The molecule has 0 aliphatic heterocycles. The van der Waals surface area contributed by atoms with Crippen molar-refractivity contribution in [3.05, 3.63) is 0 Å². The fraction of sp³-hybridized carbons (Fsp3) is 0.625. The summed E-state index contributed by atoms with van der Waals surface area (Å²) in [5.41, 5.74) is 0. The summed E-state index contributed by atoms with van der Waals surface area (Å²) >= 11 is 0. The van der Waals surface area contributed by atoms with Crippen molar-refractivity contribution in [2.75, 3.05) is 26.1 Å². The van der Waals surface area contributed by atoms with Crippen LogP contribution in [-0.4, -0.2) is 53.1 Å². The Kier molecular flexibility index (Phi) is 4.48. The van der Waals surface area contributed by atoms with Gasteiger partial charge in [0.05, 0.1) is 20.8 Å². The molecule has 102 valence electrons. The number of methoxy groups -OCH3 is 2. The molecule has 0 saturated heterocycles. The van der Waals surface area contributed by atoms with E-state index in [1.165, 1.54) is 14.2 Å². The molecule has 0 radical (unpaired) electrons. The topological polar surface area (TPSA) is 89.4 Å². The van der Waals surface area contributed by atoms with Crippen LogP contribution in [0, 0.1) is 0 Å². The first kappa shape index (κ1) is 14.2. The maximum atomic E-state index is 12.1. The van der Waals surface area contributed by atoms with E-state index >= 15 is 0 Å². The second kappa shape index (κ2) is 5.67. The molecule has 0 aliphatic rings. The van der Waals surface area contributed by atoms with Gasteiger partial charge in [-0.1, -0.05) is 0 Å². The molecule has 1 atom stereocenters. The van der Waals surface area contributed by atoms with Gasteiger partial charge in [0.1, 0.15) is 0 Å². The molecular weight excluding hydrogens is 257 g/mol. The van der Waals surface area contributed by atoms with E-state index in [1.54, 1.807) is 0 Å². The molecule has 0 spiro atoms. The van der Waals surface area contributed by atoms with Crippen LogP contribution in [0.2, 0.25) is 0 Å². The number of ether oxygens (including phenoxy) is 2. The van der Waals surface area contributed by atoms with Gasteiger partial charge in [0, 0.05) is 0 Å². The van der Waals surface area contributed by atoms with Gasteiger partial charge in [-0.15, -0.1) is 4.98 Å². The van der Waals surface area contributed by atoms with Crippen molar-refractivity contribution in [3.63, 3.8) is 0 Å². The second-order valence-electron chi connectivity index (χ2n) is 3.07. The zero-order valence-corrected chi connectivity index (χ0v) is 9.52. The number of aliphatic hydroxyl groups excluding tert-OH is 1. The standard InChI is InChI=1S/C8H11F3N4O3/c1-17-6-13-5(14-7(15-6)18-2)12-3-4(16)8(9,10)11/h4,16H,3H2,1-2H3,(H,12,13,14,15). The van der Waals surface area contributed by atoms with Gasteiger partial charge >= 0.3 is 18.2 Å². The average molecular weight is 268 g/mol. The van der Waals surface area contributed by atoms with Gasteiger partial charge in [0.15, 0.2) is 6.10 Å². The summed E-state index contributed by atoms with van der Waals surface area (Å²) in [6.07, 6.45) is -7.24. The van der Waals surface area contributed by atoms with E-state index in [9.17, 15) is 13.2 Å². The van der Waals surface area contributed by atoms with Gasteiger partial charge in [-0.05, 0) is 0 Å². The SMILES string of the molecule is COc1nc(NCC(O)C(F)(F)F)nc(OC)n1. The van der Waals surface area contributed by atoms with Crippen LogP contribution in [0.25, 0.3) is 0 Å². The van der Waals surface area contributed by atoms with E-state index in [1.807, 2.05) is 0 Å². The zero-order chi connectivity index (χ0) is 13.8. The highest BCUT2D eigenvalue weighted by Gasteiger charge is 2.38. The molecule has 0 bridgehead atoms. The number of halogens is 3. The van der Waals surface area contributed by atoms with Gasteiger partial charge in [0.25, 0.3) is 0 Å². The molecule has 1 aromatic heterocycles. The number of nitrogens with one attached hydrogen (secondary N) is 1. The minimum atomic E-state index is -4.71. The van der Waals surface area contributed by atoms with Gasteiger partial charge in [-0.25, -0.2) is 0 Å². The predicted octanol–water partition coefficient (Wildman–Crippen LogP) is 0.224. The maximum Gasteiger partial charge on any atom is 0.416 e. The third-order valence-corrected chi connectivity index (χ3v) is 1.79. The Labute approximate surface area is 100.0 Å². The van der Waals surface area contributed by atoms with Gasteiger partial charge in [-0.2, -0.15) is 23.1 Å². The number of aliphatic hydroxyl groups is 1. The van der Waals surface area contributed by atoms with Crippen molar-refractivity contribution in [1.29, 1.82) is 0 Å². The molecule has 0 fully saturated rings. The van der Waals surface area contributed by atoms with E-state index in [0.29, 0.717) is 0 Å². The third kappa shape index (κ3) is 3.87. The fourth-order valence-electron chi connectivity index (χ4n) is 0.903. The summed E-state index contributed by atoms with van der Waals surface area (Å²) in [4.78, 5) is 10.9. The van der Waals surface area contributed by atoms with Crippen molar-refractivity contribution in [2.45, 2.75) is 12.3 Å². The molecule has 1 rings (SSSR count). The first-order valence-electron chi connectivity index (χ1n) is 4.69. The van der Waals surface area contributed by atoms with Crippen LogP contribution in [0.15, 0.2) is 0 Å². The lowest BCUT2D eigenvalue weighted by atomic mass is 10.3. The molecular formula is C8H11F3N4O3. The molecule has 0 saturated carbocycles. The molecule has 7 nitrogen and oxygen atoms in total. The largest absolute Gasteiger partial charge is 0.467 e. The van der Waals surface area contributed by atoms with Crippen LogP contribution >= 0.6 is 0 Å². The van der Waals surface area contributed by atoms with Gasteiger partial charge in [0.2, 0.25) is 5.95 Å². The molecule has 10 heteroatoms. The van der Waals surface area contributed by atoms with E-state index in [2.05, 4.69) is 20.3 Å². The van der Waals surface area contributed by atoms with Crippen molar-refractivity contribution >= 4 is 5.95 Å². The molecule has 0 aromatic carbocycles. The zero-order valence-electron chi connectivity index (χ0n) is 9.52.